The molecule has 3 rings (SSSR count). The van der Waals surface area contributed by atoms with Crippen LogP contribution < -0.4 is 15.0 Å². The summed E-state index contributed by atoms with van der Waals surface area (Å²) in [5.41, 5.74) is 0.998. The van der Waals surface area contributed by atoms with Gasteiger partial charge >= 0.3 is 6.03 Å². The second kappa shape index (κ2) is 5.61. The summed E-state index contributed by atoms with van der Waals surface area (Å²) in [7, 11) is 0. The van der Waals surface area contributed by atoms with Crippen LogP contribution in [-0.2, 0) is 0 Å². The van der Waals surface area contributed by atoms with Crippen molar-refractivity contribution in [2.45, 2.75) is 0 Å². The van der Waals surface area contributed by atoms with Crippen molar-refractivity contribution in [3.8, 4) is 5.75 Å². The maximum atomic E-state index is 13.4. The fourth-order valence-corrected chi connectivity index (χ4v) is 2.35. The highest BCUT2D eigenvalue weighted by Crippen LogP contribution is 2.32. The number of rotatable bonds is 1. The van der Waals surface area contributed by atoms with Gasteiger partial charge in [0.05, 0.1) is 12.2 Å². The fourth-order valence-electron chi connectivity index (χ4n) is 2.16. The molecule has 0 spiro atoms. The van der Waals surface area contributed by atoms with Crippen LogP contribution in [0.25, 0.3) is 0 Å². The summed E-state index contributed by atoms with van der Waals surface area (Å²) in [6.07, 6.45) is 0. The van der Waals surface area contributed by atoms with Crippen LogP contribution in [0.1, 0.15) is 0 Å². The van der Waals surface area contributed by atoms with Gasteiger partial charge in [-0.15, -0.1) is 0 Å². The molecule has 0 fully saturated rings. The molecule has 108 valence electrons. The monoisotopic (exact) mass is 306 g/mol. The second-order valence-corrected chi connectivity index (χ2v) is 4.99. The molecule has 0 atom stereocenters. The van der Waals surface area contributed by atoms with E-state index in [0.717, 1.165) is 0 Å². The number of hydrogen-bond donors (Lipinski definition) is 1. The van der Waals surface area contributed by atoms with Crippen molar-refractivity contribution in [1.82, 2.24) is 0 Å². The van der Waals surface area contributed by atoms with Gasteiger partial charge in [0.2, 0.25) is 0 Å². The van der Waals surface area contributed by atoms with Gasteiger partial charge in [0.1, 0.15) is 18.2 Å². The zero-order chi connectivity index (χ0) is 14.8. The van der Waals surface area contributed by atoms with E-state index in [1.165, 1.54) is 23.1 Å². The fraction of sp³-hybridized carbons (Fsp3) is 0.133. The second-order valence-electron chi connectivity index (χ2n) is 4.55. The van der Waals surface area contributed by atoms with Crippen molar-refractivity contribution in [2.24, 2.45) is 0 Å². The molecule has 0 radical (unpaired) electrons. The van der Waals surface area contributed by atoms with Crippen LogP contribution in [-0.4, -0.2) is 19.2 Å². The Balaban J connectivity index is 1.85. The number of halogens is 2. The van der Waals surface area contributed by atoms with Gasteiger partial charge in [0, 0.05) is 16.8 Å². The Hall–Kier alpha value is -2.27. The Kier molecular flexibility index (Phi) is 3.66. The van der Waals surface area contributed by atoms with Gasteiger partial charge in [0.15, 0.2) is 0 Å². The molecule has 0 aliphatic carbocycles. The van der Waals surface area contributed by atoms with Crippen molar-refractivity contribution in [1.29, 1.82) is 0 Å². The number of hydrogen-bond acceptors (Lipinski definition) is 2. The molecule has 2 aromatic carbocycles. The Bertz CT molecular complexity index is 693. The molecule has 6 heteroatoms. The number of amides is 2. The molecular weight excluding hydrogens is 295 g/mol. The summed E-state index contributed by atoms with van der Waals surface area (Å²) >= 11 is 5.88. The largest absolute Gasteiger partial charge is 0.490 e. The summed E-state index contributed by atoms with van der Waals surface area (Å²) in [6, 6.07) is 10.6. The first-order chi connectivity index (χ1) is 10.1. The van der Waals surface area contributed by atoms with Crippen molar-refractivity contribution in [2.75, 3.05) is 23.4 Å². The predicted octanol–water partition coefficient (Wildman–Crippen LogP) is 3.91. The Labute approximate surface area is 126 Å². The van der Waals surface area contributed by atoms with Gasteiger partial charge in [-0.25, -0.2) is 9.18 Å². The molecule has 0 saturated carbocycles. The van der Waals surface area contributed by atoms with Crippen LogP contribution in [0.2, 0.25) is 5.02 Å². The third-order valence-corrected chi connectivity index (χ3v) is 3.34. The molecule has 21 heavy (non-hydrogen) atoms. The van der Waals surface area contributed by atoms with E-state index >= 15 is 0 Å². The van der Waals surface area contributed by atoms with Gasteiger partial charge in [-0.05, 0) is 30.3 Å². The van der Waals surface area contributed by atoms with Gasteiger partial charge in [-0.2, -0.15) is 0 Å². The molecule has 0 saturated heterocycles. The number of urea groups is 1. The van der Waals surface area contributed by atoms with E-state index in [0.29, 0.717) is 35.3 Å². The molecule has 1 aliphatic rings. The maximum Gasteiger partial charge on any atom is 0.326 e. The van der Waals surface area contributed by atoms with Crippen LogP contribution in [0, 0.1) is 5.82 Å². The molecule has 2 aromatic rings. The first-order valence-electron chi connectivity index (χ1n) is 6.40. The highest BCUT2D eigenvalue weighted by Gasteiger charge is 2.24. The van der Waals surface area contributed by atoms with Crippen molar-refractivity contribution >= 4 is 29.0 Å². The molecular formula is C15H12ClFN2O2. The summed E-state index contributed by atoms with van der Waals surface area (Å²) in [6.45, 7) is 0.713. The number of carbonyl (C=O) groups excluding carboxylic acids is 1. The highest BCUT2D eigenvalue weighted by molar-refractivity contribution is 6.30. The SMILES string of the molecule is O=C(Nc1cccc(Cl)c1)N1CCOc2ccc(F)cc21. The lowest BCUT2D eigenvalue weighted by molar-refractivity contribution is 0.250. The normalized spacial score (nSPS) is 13.3. The van der Waals surface area contributed by atoms with E-state index in [1.54, 1.807) is 24.3 Å². The quantitative estimate of drug-likeness (QED) is 0.868. The van der Waals surface area contributed by atoms with Crippen LogP contribution in [0.3, 0.4) is 0 Å². The molecule has 4 nitrogen and oxygen atoms in total. The smallest absolute Gasteiger partial charge is 0.326 e. The maximum absolute atomic E-state index is 13.4. The summed E-state index contributed by atoms with van der Waals surface area (Å²) in [4.78, 5) is 13.8. The van der Waals surface area contributed by atoms with Gasteiger partial charge < -0.3 is 10.1 Å². The minimum Gasteiger partial charge on any atom is -0.490 e. The number of nitrogens with zero attached hydrogens (tertiary/aromatic N) is 1. The number of ether oxygens (including phenoxy) is 1. The van der Waals surface area contributed by atoms with Crippen molar-refractivity contribution < 1.29 is 13.9 Å². The summed E-state index contributed by atoms with van der Waals surface area (Å²) < 4.78 is 18.8. The average Bonchev–Trinajstić information content (AvgIpc) is 2.46. The minimum atomic E-state index is -0.417. The minimum absolute atomic E-state index is 0.350. The topological polar surface area (TPSA) is 41.6 Å². The molecule has 0 aromatic heterocycles. The molecule has 0 unspecified atom stereocenters. The van der Waals surface area contributed by atoms with Crippen LogP contribution >= 0.6 is 11.6 Å². The van der Waals surface area contributed by atoms with E-state index in [1.807, 2.05) is 0 Å². The zero-order valence-electron chi connectivity index (χ0n) is 11.0. The number of fused-ring (bicyclic) bond motifs is 1. The lowest BCUT2D eigenvalue weighted by atomic mass is 10.2. The first-order valence-corrected chi connectivity index (χ1v) is 6.78. The highest BCUT2D eigenvalue weighted by atomic mass is 35.5. The Morgan fingerprint density at radius 2 is 2.14 bits per heavy atom. The van der Waals surface area contributed by atoms with Gasteiger partial charge in [0.25, 0.3) is 0 Å². The third-order valence-electron chi connectivity index (χ3n) is 3.11. The standard InChI is InChI=1S/C15H12ClFN2O2/c16-10-2-1-3-12(8-10)18-15(20)19-6-7-21-14-5-4-11(17)9-13(14)19/h1-5,8-9H,6-7H2,(H,18,20). The van der Waals surface area contributed by atoms with E-state index in [2.05, 4.69) is 5.32 Å². The lowest BCUT2D eigenvalue weighted by Gasteiger charge is -2.29. The summed E-state index contributed by atoms with van der Waals surface area (Å²) in [5.74, 6) is 0.0729. The predicted molar refractivity (Wildman–Crippen MR) is 79.7 cm³/mol. The van der Waals surface area contributed by atoms with Crippen molar-refractivity contribution in [3.05, 3.63) is 53.3 Å². The zero-order valence-corrected chi connectivity index (χ0v) is 11.7. The molecule has 2 amide bonds. The van der Waals surface area contributed by atoms with E-state index in [-0.39, 0.29) is 6.03 Å². The molecule has 0 bridgehead atoms. The van der Waals surface area contributed by atoms with Crippen LogP contribution in [0.15, 0.2) is 42.5 Å². The van der Waals surface area contributed by atoms with Crippen LogP contribution in [0.4, 0.5) is 20.6 Å². The Morgan fingerprint density at radius 1 is 1.29 bits per heavy atom. The van der Waals surface area contributed by atoms with E-state index in [9.17, 15) is 9.18 Å². The Morgan fingerprint density at radius 3 is 2.95 bits per heavy atom. The molecule has 1 aliphatic heterocycles. The van der Waals surface area contributed by atoms with Gasteiger partial charge in [-0.1, -0.05) is 17.7 Å². The number of benzene rings is 2. The summed E-state index contributed by atoms with van der Waals surface area (Å²) in [5, 5.41) is 3.27. The number of carbonyl (C=O) groups is 1. The van der Waals surface area contributed by atoms with Crippen molar-refractivity contribution in [3.63, 3.8) is 0 Å². The molecule has 1 N–H and O–H groups in total. The van der Waals surface area contributed by atoms with E-state index in [4.69, 9.17) is 16.3 Å². The van der Waals surface area contributed by atoms with Crippen LogP contribution in [0.5, 0.6) is 5.75 Å². The van der Waals surface area contributed by atoms with Gasteiger partial charge in [-0.3, -0.25) is 4.90 Å². The average molecular weight is 307 g/mol. The lowest BCUT2D eigenvalue weighted by Crippen LogP contribution is -2.40. The number of nitrogens with one attached hydrogen (secondary N) is 1. The van der Waals surface area contributed by atoms with E-state index < -0.39 is 5.82 Å². The third kappa shape index (κ3) is 2.92. The first kappa shape index (κ1) is 13.7. The molecule has 1 heterocycles. The number of anilines is 2.